The number of aryl methyl sites for hydroxylation is 2. The first-order valence-electron chi connectivity index (χ1n) is 7.34. The molecule has 2 rings (SSSR count). The monoisotopic (exact) mass is 324 g/mol. The molecule has 1 aromatic rings. The minimum atomic E-state index is -1.00. The average molecular weight is 325 g/mol. The van der Waals surface area contributed by atoms with Crippen molar-refractivity contribution < 1.29 is 14.7 Å². The topological polar surface area (TPSA) is 60.9 Å². The maximum absolute atomic E-state index is 12.6. The third kappa shape index (κ3) is 3.42. The lowest BCUT2D eigenvalue weighted by atomic mass is 10.0. The lowest BCUT2D eigenvalue weighted by Gasteiger charge is -2.35. The van der Waals surface area contributed by atoms with Gasteiger partial charge in [0.05, 0.1) is 10.6 Å². The fraction of sp³-hybridized carbons (Fsp3) is 0.500. The van der Waals surface area contributed by atoms with Gasteiger partial charge in [-0.25, -0.2) is 0 Å². The predicted octanol–water partition coefficient (Wildman–Crippen LogP) is 1.62. The van der Waals surface area contributed by atoms with E-state index in [9.17, 15) is 14.7 Å². The molecule has 0 spiro atoms. The summed E-state index contributed by atoms with van der Waals surface area (Å²) in [6.07, 6.45) is -1.00. The minimum absolute atomic E-state index is 0.114. The van der Waals surface area contributed by atoms with Gasteiger partial charge in [-0.3, -0.25) is 9.59 Å². The van der Waals surface area contributed by atoms with Crippen LogP contribution in [0.25, 0.3) is 0 Å². The van der Waals surface area contributed by atoms with Crippen molar-refractivity contribution in [3.63, 3.8) is 0 Å². The number of aliphatic hydroxyl groups is 1. The predicted molar refractivity (Wildman–Crippen MR) is 85.1 cm³/mol. The number of piperazine rings is 1. The molecule has 5 nitrogen and oxygen atoms in total. The molecule has 2 amide bonds. The van der Waals surface area contributed by atoms with Crippen LogP contribution in [0.3, 0.4) is 0 Å². The highest BCUT2D eigenvalue weighted by Crippen LogP contribution is 2.23. The highest BCUT2D eigenvalue weighted by Gasteiger charge is 2.27. The third-order valence-electron chi connectivity index (χ3n) is 4.05. The van der Waals surface area contributed by atoms with Crippen molar-refractivity contribution in [1.29, 1.82) is 0 Å². The molecular weight excluding hydrogens is 304 g/mol. The summed E-state index contributed by atoms with van der Waals surface area (Å²) in [7, 11) is 0. The van der Waals surface area contributed by atoms with E-state index in [1.165, 1.54) is 6.92 Å². The van der Waals surface area contributed by atoms with Crippen LogP contribution in [-0.4, -0.2) is 59.0 Å². The van der Waals surface area contributed by atoms with Gasteiger partial charge in [0, 0.05) is 26.2 Å². The van der Waals surface area contributed by atoms with Crippen LogP contribution in [0.5, 0.6) is 0 Å². The SMILES string of the molecule is Cc1cc(Cl)c(C(=O)N2CCN(C(=O)C(C)O)CC2)cc1C. The first kappa shape index (κ1) is 16.8. The second-order valence-electron chi connectivity index (χ2n) is 5.71. The molecule has 6 heteroatoms. The number of hydrogen-bond acceptors (Lipinski definition) is 3. The Morgan fingerprint density at radius 3 is 2.14 bits per heavy atom. The van der Waals surface area contributed by atoms with E-state index in [0.29, 0.717) is 36.8 Å². The molecule has 1 N–H and O–H groups in total. The molecule has 1 heterocycles. The largest absolute Gasteiger partial charge is 0.384 e. The molecule has 0 aliphatic carbocycles. The molecular formula is C16H21ClN2O3. The lowest BCUT2D eigenvalue weighted by molar-refractivity contribution is -0.140. The van der Waals surface area contributed by atoms with E-state index in [1.54, 1.807) is 15.9 Å². The Morgan fingerprint density at radius 1 is 1.09 bits per heavy atom. The molecule has 1 aliphatic rings. The molecule has 1 unspecified atom stereocenters. The van der Waals surface area contributed by atoms with Crippen LogP contribution < -0.4 is 0 Å². The Bertz CT molecular complexity index is 593. The van der Waals surface area contributed by atoms with Gasteiger partial charge in [0.15, 0.2) is 0 Å². The van der Waals surface area contributed by atoms with Gasteiger partial charge in [0.25, 0.3) is 11.8 Å². The van der Waals surface area contributed by atoms with E-state index >= 15 is 0 Å². The van der Waals surface area contributed by atoms with Crippen molar-refractivity contribution in [3.8, 4) is 0 Å². The van der Waals surface area contributed by atoms with Crippen LogP contribution >= 0.6 is 11.6 Å². The zero-order chi connectivity index (χ0) is 16.4. The van der Waals surface area contributed by atoms with Crippen molar-refractivity contribution in [3.05, 3.63) is 33.8 Å². The van der Waals surface area contributed by atoms with Gasteiger partial charge in [0.2, 0.25) is 0 Å². The van der Waals surface area contributed by atoms with E-state index in [4.69, 9.17) is 11.6 Å². The molecule has 1 aromatic carbocycles. The molecule has 22 heavy (non-hydrogen) atoms. The Labute approximate surface area is 135 Å². The zero-order valence-electron chi connectivity index (χ0n) is 13.1. The Kier molecular flexibility index (Phi) is 5.08. The number of amides is 2. The fourth-order valence-electron chi connectivity index (χ4n) is 2.51. The second-order valence-corrected chi connectivity index (χ2v) is 6.12. The standard InChI is InChI=1S/C16H21ClN2O3/c1-10-8-13(14(17)9-11(10)2)16(22)19-6-4-18(5-7-19)15(21)12(3)20/h8-9,12,20H,4-7H2,1-3H3. The maximum Gasteiger partial charge on any atom is 0.255 e. The van der Waals surface area contributed by atoms with Crippen molar-refractivity contribution >= 4 is 23.4 Å². The number of rotatable bonds is 2. The number of nitrogens with zero attached hydrogens (tertiary/aromatic N) is 2. The van der Waals surface area contributed by atoms with E-state index < -0.39 is 6.10 Å². The van der Waals surface area contributed by atoms with Gasteiger partial charge in [-0.2, -0.15) is 0 Å². The molecule has 1 aliphatic heterocycles. The van der Waals surface area contributed by atoms with Gasteiger partial charge in [0.1, 0.15) is 6.10 Å². The summed E-state index contributed by atoms with van der Waals surface area (Å²) < 4.78 is 0. The number of carbonyl (C=O) groups excluding carboxylic acids is 2. The molecule has 0 saturated carbocycles. The number of halogens is 1. The van der Waals surface area contributed by atoms with Crippen LogP contribution in [0.4, 0.5) is 0 Å². The van der Waals surface area contributed by atoms with Crippen molar-refractivity contribution in [2.24, 2.45) is 0 Å². The number of benzene rings is 1. The third-order valence-corrected chi connectivity index (χ3v) is 4.36. The Morgan fingerprint density at radius 2 is 1.59 bits per heavy atom. The van der Waals surface area contributed by atoms with Crippen LogP contribution in [0.2, 0.25) is 5.02 Å². The van der Waals surface area contributed by atoms with E-state index in [-0.39, 0.29) is 11.8 Å². The summed E-state index contributed by atoms with van der Waals surface area (Å²) >= 11 is 6.19. The molecule has 120 valence electrons. The van der Waals surface area contributed by atoms with Gasteiger partial charge in [-0.05, 0) is 44.0 Å². The smallest absolute Gasteiger partial charge is 0.255 e. The van der Waals surface area contributed by atoms with Gasteiger partial charge >= 0.3 is 0 Å². The number of aliphatic hydroxyl groups excluding tert-OH is 1. The molecule has 1 atom stereocenters. The highest BCUT2D eigenvalue weighted by molar-refractivity contribution is 6.34. The molecule has 1 fully saturated rings. The second kappa shape index (κ2) is 6.67. The number of hydrogen-bond donors (Lipinski definition) is 1. The van der Waals surface area contributed by atoms with E-state index in [2.05, 4.69) is 0 Å². The molecule has 0 aromatic heterocycles. The van der Waals surface area contributed by atoms with Crippen molar-refractivity contribution in [2.45, 2.75) is 26.9 Å². The van der Waals surface area contributed by atoms with Crippen LogP contribution in [-0.2, 0) is 4.79 Å². The van der Waals surface area contributed by atoms with Gasteiger partial charge < -0.3 is 14.9 Å². The summed E-state index contributed by atoms with van der Waals surface area (Å²) in [4.78, 5) is 27.6. The molecule has 0 radical (unpaired) electrons. The zero-order valence-corrected chi connectivity index (χ0v) is 13.9. The molecule has 1 saturated heterocycles. The highest BCUT2D eigenvalue weighted by atomic mass is 35.5. The van der Waals surface area contributed by atoms with Crippen LogP contribution in [0.15, 0.2) is 12.1 Å². The fourth-order valence-corrected chi connectivity index (χ4v) is 2.81. The van der Waals surface area contributed by atoms with Crippen LogP contribution in [0.1, 0.15) is 28.4 Å². The minimum Gasteiger partial charge on any atom is -0.384 e. The van der Waals surface area contributed by atoms with E-state index in [0.717, 1.165) is 11.1 Å². The lowest BCUT2D eigenvalue weighted by Crippen LogP contribution is -2.52. The Hall–Kier alpha value is -1.59. The quantitative estimate of drug-likeness (QED) is 0.899. The maximum atomic E-state index is 12.6. The van der Waals surface area contributed by atoms with Crippen LogP contribution in [0, 0.1) is 13.8 Å². The van der Waals surface area contributed by atoms with Crippen molar-refractivity contribution in [2.75, 3.05) is 26.2 Å². The summed E-state index contributed by atoms with van der Waals surface area (Å²) in [6.45, 7) is 7.10. The number of carbonyl (C=O) groups is 2. The first-order chi connectivity index (χ1) is 10.3. The summed E-state index contributed by atoms with van der Waals surface area (Å²) in [5.74, 6) is -0.409. The average Bonchev–Trinajstić information content (AvgIpc) is 2.49. The van der Waals surface area contributed by atoms with Gasteiger partial charge in [-0.1, -0.05) is 11.6 Å². The summed E-state index contributed by atoms with van der Waals surface area (Å²) in [6, 6.07) is 3.62. The normalized spacial score (nSPS) is 16.6. The summed E-state index contributed by atoms with van der Waals surface area (Å²) in [5.41, 5.74) is 2.57. The van der Waals surface area contributed by atoms with Gasteiger partial charge in [-0.15, -0.1) is 0 Å². The molecule has 0 bridgehead atoms. The van der Waals surface area contributed by atoms with Crippen molar-refractivity contribution in [1.82, 2.24) is 9.80 Å². The Balaban J connectivity index is 2.07. The summed E-state index contributed by atoms with van der Waals surface area (Å²) in [5, 5.41) is 9.78. The first-order valence-corrected chi connectivity index (χ1v) is 7.72. The van der Waals surface area contributed by atoms with E-state index in [1.807, 2.05) is 19.9 Å².